The molecule has 3 nitrogen and oxygen atoms in total. The highest BCUT2D eigenvalue weighted by molar-refractivity contribution is 5.37. The van der Waals surface area contributed by atoms with Gasteiger partial charge in [0.2, 0.25) is 0 Å². The summed E-state index contributed by atoms with van der Waals surface area (Å²) in [4.78, 5) is 0. The summed E-state index contributed by atoms with van der Waals surface area (Å²) in [6, 6.07) is 6.72. The van der Waals surface area contributed by atoms with Crippen molar-refractivity contribution in [3.05, 3.63) is 29.3 Å². The molecule has 0 aromatic heterocycles. The molecule has 1 aromatic rings. The molecule has 2 aliphatic carbocycles. The SMILES string of the molecule is CCC(N)Cc1ccc(OCC2CC2)c(COCC2CC2)c1. The standard InChI is InChI=1S/C19H29NO2/c1-2-18(20)10-16-7-8-19(22-12-15-5-6-15)17(9-16)13-21-11-14-3-4-14/h7-9,14-15,18H,2-6,10-13,20H2,1H3. The minimum absolute atomic E-state index is 0.235. The Morgan fingerprint density at radius 3 is 2.55 bits per heavy atom. The third-order valence-electron chi connectivity index (χ3n) is 4.63. The second-order valence-electron chi connectivity index (χ2n) is 7.03. The highest BCUT2D eigenvalue weighted by Crippen LogP contribution is 2.32. The van der Waals surface area contributed by atoms with Gasteiger partial charge in [-0.05, 0) is 68.1 Å². The summed E-state index contributed by atoms with van der Waals surface area (Å²) in [6.45, 7) is 4.54. The highest BCUT2D eigenvalue weighted by Gasteiger charge is 2.23. The summed E-state index contributed by atoms with van der Waals surface area (Å²) >= 11 is 0. The van der Waals surface area contributed by atoms with E-state index in [1.165, 1.54) is 36.8 Å². The van der Waals surface area contributed by atoms with Gasteiger partial charge in [-0.1, -0.05) is 13.0 Å². The highest BCUT2D eigenvalue weighted by atomic mass is 16.5. The molecule has 2 saturated carbocycles. The van der Waals surface area contributed by atoms with Gasteiger partial charge in [-0.3, -0.25) is 0 Å². The number of nitrogens with two attached hydrogens (primary N) is 1. The lowest BCUT2D eigenvalue weighted by Crippen LogP contribution is -2.21. The first-order valence-electron chi connectivity index (χ1n) is 8.82. The number of benzene rings is 1. The molecule has 3 heteroatoms. The zero-order valence-electron chi connectivity index (χ0n) is 13.7. The molecular formula is C19H29NO2. The van der Waals surface area contributed by atoms with E-state index in [-0.39, 0.29) is 6.04 Å². The Morgan fingerprint density at radius 2 is 1.86 bits per heavy atom. The minimum atomic E-state index is 0.235. The number of ether oxygens (including phenoxy) is 2. The Bertz CT molecular complexity index is 480. The molecule has 1 unspecified atom stereocenters. The van der Waals surface area contributed by atoms with E-state index in [1.807, 2.05) is 0 Å². The Hall–Kier alpha value is -1.06. The normalized spacial score (nSPS) is 19.2. The Morgan fingerprint density at radius 1 is 1.14 bits per heavy atom. The third kappa shape index (κ3) is 4.99. The van der Waals surface area contributed by atoms with E-state index in [1.54, 1.807) is 0 Å². The fourth-order valence-electron chi connectivity index (χ4n) is 2.57. The average molecular weight is 303 g/mol. The van der Waals surface area contributed by atoms with Crippen LogP contribution in [-0.4, -0.2) is 19.3 Å². The van der Waals surface area contributed by atoms with Gasteiger partial charge in [0.15, 0.2) is 0 Å². The Balaban J connectivity index is 1.62. The predicted molar refractivity (Wildman–Crippen MR) is 89.0 cm³/mol. The smallest absolute Gasteiger partial charge is 0.124 e. The van der Waals surface area contributed by atoms with Crippen molar-refractivity contribution in [2.75, 3.05) is 13.2 Å². The van der Waals surface area contributed by atoms with E-state index < -0.39 is 0 Å². The first-order chi connectivity index (χ1) is 10.7. The van der Waals surface area contributed by atoms with Crippen LogP contribution in [0, 0.1) is 11.8 Å². The summed E-state index contributed by atoms with van der Waals surface area (Å²) in [5.41, 5.74) is 8.56. The summed E-state index contributed by atoms with van der Waals surface area (Å²) in [7, 11) is 0. The maximum absolute atomic E-state index is 6.09. The molecule has 0 heterocycles. The van der Waals surface area contributed by atoms with Crippen LogP contribution < -0.4 is 10.5 Å². The van der Waals surface area contributed by atoms with Crippen LogP contribution in [0.5, 0.6) is 5.75 Å². The van der Waals surface area contributed by atoms with Crippen LogP contribution in [0.1, 0.15) is 50.2 Å². The molecule has 2 fully saturated rings. The summed E-state index contributed by atoms with van der Waals surface area (Å²) in [5, 5.41) is 0. The topological polar surface area (TPSA) is 44.5 Å². The van der Waals surface area contributed by atoms with E-state index in [4.69, 9.17) is 15.2 Å². The lowest BCUT2D eigenvalue weighted by molar-refractivity contribution is 0.108. The molecule has 0 radical (unpaired) electrons. The van der Waals surface area contributed by atoms with Gasteiger partial charge < -0.3 is 15.2 Å². The van der Waals surface area contributed by atoms with Gasteiger partial charge in [0, 0.05) is 18.2 Å². The molecule has 22 heavy (non-hydrogen) atoms. The van der Waals surface area contributed by atoms with Crippen molar-refractivity contribution < 1.29 is 9.47 Å². The second kappa shape index (κ2) is 7.47. The van der Waals surface area contributed by atoms with Gasteiger partial charge in [0.05, 0.1) is 13.2 Å². The predicted octanol–water partition coefficient (Wildman–Crippen LogP) is 3.68. The van der Waals surface area contributed by atoms with Crippen LogP contribution in [0.25, 0.3) is 0 Å². The van der Waals surface area contributed by atoms with Crippen molar-refractivity contribution in [3.8, 4) is 5.75 Å². The van der Waals surface area contributed by atoms with E-state index in [0.29, 0.717) is 6.61 Å². The third-order valence-corrected chi connectivity index (χ3v) is 4.63. The van der Waals surface area contributed by atoms with Crippen LogP contribution in [0.3, 0.4) is 0 Å². The van der Waals surface area contributed by atoms with Crippen LogP contribution in [-0.2, 0) is 17.8 Å². The minimum Gasteiger partial charge on any atom is -0.493 e. The Labute approximate surface area is 134 Å². The molecule has 3 rings (SSSR count). The van der Waals surface area contributed by atoms with Crippen LogP contribution in [0.2, 0.25) is 0 Å². The van der Waals surface area contributed by atoms with Crippen molar-refractivity contribution in [3.63, 3.8) is 0 Å². The quantitative estimate of drug-likeness (QED) is 0.717. The number of hydrogen-bond donors (Lipinski definition) is 1. The van der Waals surface area contributed by atoms with Crippen LogP contribution in [0.15, 0.2) is 18.2 Å². The van der Waals surface area contributed by atoms with Gasteiger partial charge >= 0.3 is 0 Å². The van der Waals surface area contributed by atoms with Gasteiger partial charge in [-0.2, -0.15) is 0 Å². The molecule has 0 bridgehead atoms. The molecule has 0 saturated heterocycles. The zero-order valence-corrected chi connectivity index (χ0v) is 13.7. The largest absolute Gasteiger partial charge is 0.493 e. The molecule has 1 atom stereocenters. The summed E-state index contributed by atoms with van der Waals surface area (Å²) in [5.74, 6) is 2.57. The van der Waals surface area contributed by atoms with E-state index in [2.05, 4.69) is 25.1 Å². The van der Waals surface area contributed by atoms with Gasteiger partial charge in [0.1, 0.15) is 5.75 Å². The lowest BCUT2D eigenvalue weighted by atomic mass is 10.0. The van der Waals surface area contributed by atoms with E-state index in [0.717, 1.165) is 43.6 Å². The molecular weight excluding hydrogens is 274 g/mol. The van der Waals surface area contributed by atoms with E-state index in [9.17, 15) is 0 Å². The van der Waals surface area contributed by atoms with Crippen molar-refractivity contribution in [1.29, 1.82) is 0 Å². The van der Waals surface area contributed by atoms with E-state index >= 15 is 0 Å². The molecule has 0 aliphatic heterocycles. The first kappa shape index (κ1) is 15.8. The van der Waals surface area contributed by atoms with Crippen molar-refractivity contribution in [2.45, 2.75) is 58.1 Å². The molecule has 2 aliphatic rings. The second-order valence-corrected chi connectivity index (χ2v) is 7.03. The van der Waals surface area contributed by atoms with Crippen molar-refractivity contribution in [2.24, 2.45) is 17.6 Å². The Kier molecular flexibility index (Phi) is 5.37. The average Bonchev–Trinajstić information content (AvgIpc) is 3.40. The van der Waals surface area contributed by atoms with Gasteiger partial charge in [0.25, 0.3) is 0 Å². The summed E-state index contributed by atoms with van der Waals surface area (Å²) in [6.07, 6.45) is 7.23. The maximum Gasteiger partial charge on any atom is 0.124 e. The zero-order chi connectivity index (χ0) is 15.4. The molecule has 122 valence electrons. The first-order valence-corrected chi connectivity index (χ1v) is 8.82. The maximum atomic E-state index is 6.09. The van der Waals surface area contributed by atoms with Crippen molar-refractivity contribution in [1.82, 2.24) is 0 Å². The van der Waals surface area contributed by atoms with Crippen LogP contribution >= 0.6 is 0 Å². The molecule has 2 N–H and O–H groups in total. The van der Waals surface area contributed by atoms with Crippen LogP contribution in [0.4, 0.5) is 0 Å². The summed E-state index contributed by atoms with van der Waals surface area (Å²) < 4.78 is 11.9. The van der Waals surface area contributed by atoms with Gasteiger partial charge in [-0.15, -0.1) is 0 Å². The number of rotatable bonds is 10. The number of hydrogen-bond acceptors (Lipinski definition) is 3. The molecule has 1 aromatic carbocycles. The monoisotopic (exact) mass is 303 g/mol. The van der Waals surface area contributed by atoms with Gasteiger partial charge in [-0.25, -0.2) is 0 Å². The fraction of sp³-hybridized carbons (Fsp3) is 0.684. The molecule has 0 spiro atoms. The lowest BCUT2D eigenvalue weighted by Gasteiger charge is -2.15. The fourth-order valence-corrected chi connectivity index (χ4v) is 2.57. The van der Waals surface area contributed by atoms with Crippen molar-refractivity contribution >= 4 is 0 Å². The molecule has 0 amide bonds.